The van der Waals surface area contributed by atoms with E-state index >= 15 is 0 Å². The van der Waals surface area contributed by atoms with Crippen LogP contribution in [0, 0.1) is 0 Å². The van der Waals surface area contributed by atoms with Gasteiger partial charge in [0.1, 0.15) is 0 Å². The zero-order valence-electron chi connectivity index (χ0n) is 18.1. The van der Waals surface area contributed by atoms with Gasteiger partial charge in [-0.1, -0.05) is 78.6 Å². The largest absolute Gasteiger partial charge is 0.462 e. The third-order valence-corrected chi connectivity index (χ3v) is 9.24. The normalized spacial score (nSPS) is 10.9. The Bertz CT molecular complexity index is 1060. The van der Waals surface area contributed by atoms with Crippen LogP contribution in [-0.2, 0) is 9.47 Å². The quantitative estimate of drug-likeness (QED) is 0.414. The highest BCUT2D eigenvalue weighted by Gasteiger charge is 2.32. The topological polar surface area (TPSA) is 52.6 Å². The van der Waals surface area contributed by atoms with Gasteiger partial charge in [-0.3, -0.25) is 0 Å². The smallest absolute Gasteiger partial charge is 0.339 e. The lowest BCUT2D eigenvalue weighted by atomic mass is 10.1. The Morgan fingerprint density at radius 2 is 1.26 bits per heavy atom. The van der Waals surface area contributed by atoms with Crippen molar-refractivity contribution in [1.82, 2.24) is 0 Å². The molecule has 0 aromatic heterocycles. The monoisotopic (exact) mass is 434 g/mol. The van der Waals surface area contributed by atoms with Crippen LogP contribution in [0.15, 0.2) is 78.9 Å². The molecule has 0 bridgehead atoms. The molecule has 0 amide bonds. The van der Waals surface area contributed by atoms with Crippen molar-refractivity contribution in [1.29, 1.82) is 0 Å². The second-order valence-corrected chi connectivity index (χ2v) is 10.3. The maximum atomic E-state index is 13.2. The molecule has 0 aliphatic heterocycles. The van der Waals surface area contributed by atoms with Crippen molar-refractivity contribution in [2.45, 2.75) is 20.8 Å². The molecule has 0 spiro atoms. The molecular formula is C26H27O4P. The molecule has 5 heteroatoms. The summed E-state index contributed by atoms with van der Waals surface area (Å²) >= 11 is 0. The first kappa shape index (κ1) is 22.6. The molecule has 0 N–H and O–H groups in total. The van der Waals surface area contributed by atoms with Gasteiger partial charge in [-0.15, -0.1) is 0 Å². The van der Waals surface area contributed by atoms with Crippen LogP contribution < -0.4 is 15.9 Å². The molecule has 0 saturated heterocycles. The van der Waals surface area contributed by atoms with Crippen LogP contribution in [-0.4, -0.2) is 30.9 Å². The summed E-state index contributed by atoms with van der Waals surface area (Å²) < 4.78 is 10.7. The Balaban J connectivity index is 2.44. The van der Waals surface area contributed by atoms with Gasteiger partial charge in [-0.25, -0.2) is 9.59 Å². The van der Waals surface area contributed by atoms with Crippen LogP contribution in [0.1, 0.15) is 41.5 Å². The summed E-state index contributed by atoms with van der Waals surface area (Å²) in [5.74, 6) is 1.13. The lowest BCUT2D eigenvalue weighted by molar-refractivity contribution is 0.0480. The lowest BCUT2D eigenvalue weighted by Gasteiger charge is -2.30. The van der Waals surface area contributed by atoms with E-state index in [1.165, 1.54) is 0 Å². The standard InChI is InChI=1S/C26H27O4P/c1-4-29-25(27)22-18-13-19-23(24(22)26(28)30-5-2)31(6-3,20-14-9-7-10-15-20)21-16-11-8-12-17-21/h6-19H,4-5H2,1-3H3. The van der Waals surface area contributed by atoms with Gasteiger partial charge in [0.05, 0.1) is 24.3 Å². The molecular weight excluding hydrogens is 407 g/mol. The second-order valence-electron chi connectivity index (χ2n) is 6.79. The summed E-state index contributed by atoms with van der Waals surface area (Å²) in [5.41, 5.74) is 0.512. The van der Waals surface area contributed by atoms with Crippen LogP contribution in [0.3, 0.4) is 0 Å². The first-order chi connectivity index (χ1) is 15.1. The van der Waals surface area contributed by atoms with Crippen LogP contribution >= 0.6 is 6.89 Å². The van der Waals surface area contributed by atoms with Gasteiger partial charge in [0.2, 0.25) is 0 Å². The van der Waals surface area contributed by atoms with Crippen molar-refractivity contribution >= 4 is 40.5 Å². The van der Waals surface area contributed by atoms with Gasteiger partial charge in [0, 0.05) is 0 Å². The van der Waals surface area contributed by atoms with Crippen LogP contribution in [0.2, 0.25) is 0 Å². The molecule has 31 heavy (non-hydrogen) atoms. The van der Waals surface area contributed by atoms with E-state index in [1.807, 2.05) is 55.5 Å². The zero-order valence-corrected chi connectivity index (χ0v) is 19.0. The molecule has 0 fully saturated rings. The number of esters is 2. The minimum Gasteiger partial charge on any atom is -0.462 e. The average molecular weight is 434 g/mol. The van der Waals surface area contributed by atoms with Crippen molar-refractivity contribution in [3.63, 3.8) is 0 Å². The number of ether oxygens (including phenoxy) is 2. The molecule has 0 heterocycles. The Kier molecular flexibility index (Phi) is 7.49. The van der Waals surface area contributed by atoms with Crippen LogP contribution in [0.5, 0.6) is 0 Å². The maximum Gasteiger partial charge on any atom is 0.339 e. The number of benzene rings is 3. The van der Waals surface area contributed by atoms with Gasteiger partial charge in [-0.2, -0.15) is 0 Å². The summed E-state index contributed by atoms with van der Waals surface area (Å²) in [5, 5.41) is 2.97. The number of hydrogen-bond donors (Lipinski definition) is 0. The van der Waals surface area contributed by atoms with Crippen molar-refractivity contribution in [3.05, 3.63) is 90.0 Å². The molecule has 0 radical (unpaired) electrons. The first-order valence-corrected chi connectivity index (χ1v) is 12.2. The molecule has 3 aromatic rings. The summed E-state index contributed by atoms with van der Waals surface area (Å²) in [6.07, 6.45) is 0. The Morgan fingerprint density at radius 1 is 0.742 bits per heavy atom. The fraction of sp³-hybridized carbons (Fsp3) is 0.192. The van der Waals surface area contributed by atoms with E-state index in [0.29, 0.717) is 0 Å². The highest BCUT2D eigenvalue weighted by atomic mass is 31.2. The fourth-order valence-electron chi connectivity index (χ4n) is 3.82. The van der Waals surface area contributed by atoms with Gasteiger partial charge >= 0.3 is 11.9 Å². The Hall–Kier alpha value is -3.10. The second kappa shape index (κ2) is 10.3. The molecule has 4 nitrogen and oxygen atoms in total. The highest BCUT2D eigenvalue weighted by molar-refractivity contribution is 7.94. The predicted octanol–water partition coefficient (Wildman–Crippen LogP) is 4.16. The van der Waals surface area contributed by atoms with Crippen LogP contribution in [0.4, 0.5) is 0 Å². The van der Waals surface area contributed by atoms with Crippen molar-refractivity contribution in [2.75, 3.05) is 13.2 Å². The number of hydrogen-bond acceptors (Lipinski definition) is 4. The molecule has 3 aromatic carbocycles. The molecule has 0 aliphatic carbocycles. The van der Waals surface area contributed by atoms with E-state index in [2.05, 4.69) is 30.1 Å². The predicted molar refractivity (Wildman–Crippen MR) is 129 cm³/mol. The van der Waals surface area contributed by atoms with Gasteiger partial charge in [0.25, 0.3) is 0 Å². The SMILES string of the molecule is CC=P(c1ccccc1)(c1ccccc1)c1cccc(C(=O)OCC)c1C(=O)OCC. The molecule has 160 valence electrons. The summed E-state index contributed by atoms with van der Waals surface area (Å²) in [6.45, 7) is 3.59. The number of carbonyl (C=O) groups excluding carboxylic acids is 2. The van der Waals surface area contributed by atoms with E-state index in [-0.39, 0.29) is 24.3 Å². The average Bonchev–Trinajstić information content (AvgIpc) is 2.81. The van der Waals surface area contributed by atoms with Gasteiger partial charge < -0.3 is 9.47 Å². The summed E-state index contributed by atoms with van der Waals surface area (Å²) in [7, 11) is 0. The third kappa shape index (κ3) is 4.35. The van der Waals surface area contributed by atoms with Gasteiger partial charge in [-0.05, 0) is 49.6 Å². The van der Waals surface area contributed by atoms with Gasteiger partial charge in [0.15, 0.2) is 0 Å². The minimum atomic E-state index is -2.37. The Labute approximate surface area is 183 Å². The zero-order chi connectivity index (χ0) is 22.3. The molecule has 0 saturated carbocycles. The number of carbonyl (C=O) groups is 2. The van der Waals surface area contributed by atoms with Crippen molar-refractivity contribution in [2.24, 2.45) is 0 Å². The minimum absolute atomic E-state index is 0.216. The Morgan fingerprint density at radius 3 is 1.74 bits per heavy atom. The molecule has 3 rings (SSSR count). The fourth-order valence-corrected chi connectivity index (χ4v) is 7.72. The maximum absolute atomic E-state index is 13.2. The number of rotatable bonds is 7. The van der Waals surface area contributed by atoms with Crippen molar-refractivity contribution < 1.29 is 19.1 Å². The van der Waals surface area contributed by atoms with E-state index in [9.17, 15) is 9.59 Å². The molecule has 0 atom stereocenters. The molecule has 0 aliphatic rings. The molecule has 0 unspecified atom stereocenters. The third-order valence-electron chi connectivity index (χ3n) is 5.11. The van der Waals surface area contributed by atoms with E-state index in [1.54, 1.807) is 19.9 Å². The summed E-state index contributed by atoms with van der Waals surface area (Å²) in [6, 6.07) is 25.6. The lowest BCUT2D eigenvalue weighted by Crippen LogP contribution is -2.32. The van der Waals surface area contributed by atoms with Crippen LogP contribution in [0.25, 0.3) is 0 Å². The van der Waals surface area contributed by atoms with E-state index < -0.39 is 18.8 Å². The van der Waals surface area contributed by atoms with E-state index in [4.69, 9.17) is 9.47 Å². The highest BCUT2D eigenvalue weighted by Crippen LogP contribution is 2.45. The summed E-state index contributed by atoms with van der Waals surface area (Å²) in [4.78, 5) is 26.0. The van der Waals surface area contributed by atoms with E-state index in [0.717, 1.165) is 15.9 Å². The van der Waals surface area contributed by atoms with Crippen molar-refractivity contribution in [3.8, 4) is 0 Å². The first-order valence-electron chi connectivity index (χ1n) is 10.4.